The number of carbonyl (C=O) groups excluding carboxylic acids is 5. The van der Waals surface area contributed by atoms with Crippen molar-refractivity contribution in [2.75, 3.05) is 6.61 Å². The summed E-state index contributed by atoms with van der Waals surface area (Å²) in [7, 11) is 0. The lowest BCUT2D eigenvalue weighted by Gasteiger charge is -2.24. The van der Waals surface area contributed by atoms with Crippen molar-refractivity contribution in [1.29, 1.82) is 0 Å². The molecule has 0 saturated heterocycles. The van der Waals surface area contributed by atoms with Crippen LogP contribution >= 0.6 is 0 Å². The second-order valence-corrected chi connectivity index (χ2v) is 6.82. The molecule has 0 aliphatic carbocycles. The number of carbonyl (C=O) groups is 6. The average Bonchev–Trinajstić information content (AvgIpc) is 2.61. The minimum absolute atomic E-state index is 0.491. The zero-order chi connectivity index (χ0) is 23.6. The number of rotatable bonds is 13. The van der Waals surface area contributed by atoms with Crippen molar-refractivity contribution >= 4 is 35.5 Å². The molecule has 0 aliphatic rings. The molecule has 0 bridgehead atoms. The van der Waals surface area contributed by atoms with Crippen LogP contribution in [-0.4, -0.2) is 76.5 Å². The number of aliphatic carboxylic acids is 1. The quantitative estimate of drug-likeness (QED) is 0.139. The van der Waals surface area contributed by atoms with Crippen LogP contribution in [0.15, 0.2) is 0 Å². The van der Waals surface area contributed by atoms with E-state index in [-0.39, 0.29) is 0 Å². The molecule has 11 N–H and O–H groups in total. The summed E-state index contributed by atoms with van der Waals surface area (Å²) in [6, 6.07) is -5.83. The fraction of sp³-hybridized carbons (Fsp3) is 0.625. The molecule has 5 amide bonds. The van der Waals surface area contributed by atoms with Gasteiger partial charge in [-0.2, -0.15) is 0 Å². The molecule has 170 valence electrons. The molecule has 14 nitrogen and oxygen atoms in total. The molecule has 4 atom stereocenters. The van der Waals surface area contributed by atoms with Crippen molar-refractivity contribution < 1.29 is 39.0 Å². The Kier molecular flexibility index (Phi) is 11.0. The standard InChI is InChI=1S/C16H28N6O8/c1-6(2)12(16(29)30)22-15(28)9(5-23)21-14(27)8(4-11(19)25)20-13(26)7(17)3-10(18)24/h6-9,12,23H,3-5,17H2,1-2H3,(H2,18,24)(H2,19,25)(H,20,26)(H,21,27)(H,22,28)(H,29,30). The van der Waals surface area contributed by atoms with Gasteiger partial charge in [0.05, 0.1) is 25.5 Å². The molecule has 0 spiro atoms. The molecule has 30 heavy (non-hydrogen) atoms. The van der Waals surface area contributed by atoms with E-state index in [2.05, 4.69) is 16.0 Å². The number of aliphatic hydroxyl groups excluding tert-OH is 1. The SMILES string of the molecule is CC(C)C(NC(=O)C(CO)NC(=O)C(CC(N)=O)NC(=O)C(N)CC(N)=O)C(=O)O. The van der Waals surface area contributed by atoms with E-state index in [1.807, 2.05) is 0 Å². The van der Waals surface area contributed by atoms with Gasteiger partial charge in [-0.15, -0.1) is 0 Å². The van der Waals surface area contributed by atoms with E-state index in [0.717, 1.165) is 0 Å². The van der Waals surface area contributed by atoms with Crippen molar-refractivity contribution in [1.82, 2.24) is 16.0 Å². The maximum Gasteiger partial charge on any atom is 0.326 e. The van der Waals surface area contributed by atoms with E-state index in [1.54, 1.807) is 13.8 Å². The van der Waals surface area contributed by atoms with Crippen molar-refractivity contribution in [2.45, 2.75) is 50.9 Å². The van der Waals surface area contributed by atoms with Crippen LogP contribution in [0.4, 0.5) is 0 Å². The maximum absolute atomic E-state index is 12.4. The van der Waals surface area contributed by atoms with Gasteiger partial charge in [0.2, 0.25) is 29.5 Å². The van der Waals surface area contributed by atoms with E-state index >= 15 is 0 Å². The van der Waals surface area contributed by atoms with E-state index in [0.29, 0.717) is 0 Å². The lowest BCUT2D eigenvalue weighted by Crippen LogP contribution is -2.59. The van der Waals surface area contributed by atoms with Gasteiger partial charge in [0.15, 0.2) is 0 Å². The highest BCUT2D eigenvalue weighted by Crippen LogP contribution is 2.03. The molecule has 0 fully saturated rings. The van der Waals surface area contributed by atoms with Gasteiger partial charge < -0.3 is 43.4 Å². The lowest BCUT2D eigenvalue weighted by atomic mass is 10.0. The highest BCUT2D eigenvalue weighted by molar-refractivity contribution is 5.96. The Bertz CT molecular complexity index is 683. The van der Waals surface area contributed by atoms with Gasteiger partial charge in [-0.3, -0.25) is 24.0 Å². The second-order valence-electron chi connectivity index (χ2n) is 6.82. The number of aliphatic hydroxyl groups is 1. The Morgan fingerprint density at radius 2 is 1.27 bits per heavy atom. The minimum Gasteiger partial charge on any atom is -0.480 e. The number of nitrogens with two attached hydrogens (primary N) is 3. The number of nitrogens with one attached hydrogen (secondary N) is 3. The number of hydrogen-bond acceptors (Lipinski definition) is 8. The summed E-state index contributed by atoms with van der Waals surface area (Å²) in [6.07, 6.45) is -1.20. The van der Waals surface area contributed by atoms with Crippen LogP contribution in [0, 0.1) is 5.92 Å². The van der Waals surface area contributed by atoms with Gasteiger partial charge in [0, 0.05) is 0 Å². The Morgan fingerprint density at radius 1 is 0.800 bits per heavy atom. The first-order valence-electron chi connectivity index (χ1n) is 8.87. The third-order valence-electron chi connectivity index (χ3n) is 3.84. The Hall–Kier alpha value is -3.26. The fourth-order valence-electron chi connectivity index (χ4n) is 2.23. The van der Waals surface area contributed by atoms with Crippen molar-refractivity contribution in [2.24, 2.45) is 23.1 Å². The largest absolute Gasteiger partial charge is 0.480 e. The normalized spacial score (nSPS) is 14.7. The summed E-state index contributed by atoms with van der Waals surface area (Å²) >= 11 is 0. The van der Waals surface area contributed by atoms with Gasteiger partial charge in [-0.1, -0.05) is 13.8 Å². The molecule has 0 aromatic carbocycles. The van der Waals surface area contributed by atoms with Crippen molar-refractivity contribution in [3.8, 4) is 0 Å². The van der Waals surface area contributed by atoms with Crippen LogP contribution in [0.25, 0.3) is 0 Å². The monoisotopic (exact) mass is 432 g/mol. The fourth-order valence-corrected chi connectivity index (χ4v) is 2.23. The topological polar surface area (TPSA) is 257 Å². The zero-order valence-corrected chi connectivity index (χ0v) is 16.6. The van der Waals surface area contributed by atoms with Crippen molar-refractivity contribution in [3.05, 3.63) is 0 Å². The van der Waals surface area contributed by atoms with Crippen LogP contribution in [-0.2, 0) is 28.8 Å². The Labute approximate surface area is 171 Å². The van der Waals surface area contributed by atoms with Gasteiger partial charge in [-0.25, -0.2) is 4.79 Å². The smallest absolute Gasteiger partial charge is 0.326 e. The molecule has 0 rings (SSSR count). The zero-order valence-electron chi connectivity index (χ0n) is 16.6. The van der Waals surface area contributed by atoms with Gasteiger partial charge >= 0.3 is 5.97 Å². The second kappa shape index (κ2) is 12.3. The molecule has 0 aromatic rings. The molecule has 0 heterocycles. The van der Waals surface area contributed by atoms with Crippen LogP contribution < -0.4 is 33.2 Å². The van der Waals surface area contributed by atoms with Crippen LogP contribution in [0.3, 0.4) is 0 Å². The number of carboxylic acids is 1. The predicted molar refractivity (Wildman–Crippen MR) is 101 cm³/mol. The number of amides is 5. The van der Waals surface area contributed by atoms with Crippen LogP contribution in [0.1, 0.15) is 26.7 Å². The first-order chi connectivity index (χ1) is 13.8. The van der Waals surface area contributed by atoms with E-state index in [9.17, 15) is 33.9 Å². The van der Waals surface area contributed by atoms with Gasteiger partial charge in [0.25, 0.3) is 0 Å². The van der Waals surface area contributed by atoms with E-state index in [1.165, 1.54) is 0 Å². The first kappa shape index (κ1) is 26.7. The maximum atomic E-state index is 12.4. The minimum atomic E-state index is -1.58. The molecule has 4 unspecified atom stereocenters. The summed E-state index contributed by atoms with van der Waals surface area (Å²) in [6.45, 7) is 2.18. The average molecular weight is 432 g/mol. The third kappa shape index (κ3) is 9.29. The van der Waals surface area contributed by atoms with E-state index in [4.69, 9.17) is 22.3 Å². The molecule has 0 saturated carbocycles. The molecule has 0 aromatic heterocycles. The summed E-state index contributed by atoms with van der Waals surface area (Å²) in [5.41, 5.74) is 15.4. The molecule has 14 heteroatoms. The van der Waals surface area contributed by atoms with Crippen LogP contribution in [0.2, 0.25) is 0 Å². The number of primary amides is 2. The van der Waals surface area contributed by atoms with Gasteiger partial charge in [-0.05, 0) is 5.92 Å². The molecule has 0 aliphatic heterocycles. The lowest BCUT2D eigenvalue weighted by molar-refractivity contribution is -0.144. The Morgan fingerprint density at radius 3 is 1.67 bits per heavy atom. The predicted octanol–water partition coefficient (Wildman–Crippen LogP) is -4.75. The van der Waals surface area contributed by atoms with Crippen LogP contribution in [0.5, 0.6) is 0 Å². The highest BCUT2D eigenvalue weighted by atomic mass is 16.4. The molecular formula is C16H28N6O8. The Balaban J connectivity index is 5.27. The highest BCUT2D eigenvalue weighted by Gasteiger charge is 2.31. The first-order valence-corrected chi connectivity index (χ1v) is 8.87. The molecular weight excluding hydrogens is 404 g/mol. The number of carboxylic acid groups (broad SMARTS) is 1. The molecule has 0 radical (unpaired) electrons. The number of hydrogen-bond donors (Lipinski definition) is 8. The van der Waals surface area contributed by atoms with Gasteiger partial charge in [0.1, 0.15) is 18.1 Å². The summed E-state index contributed by atoms with van der Waals surface area (Å²) in [5.74, 6) is -6.70. The van der Waals surface area contributed by atoms with Crippen molar-refractivity contribution in [3.63, 3.8) is 0 Å². The van der Waals surface area contributed by atoms with E-state index < -0.39 is 85.0 Å². The third-order valence-corrected chi connectivity index (χ3v) is 3.84. The summed E-state index contributed by atoms with van der Waals surface area (Å²) < 4.78 is 0. The summed E-state index contributed by atoms with van der Waals surface area (Å²) in [5, 5.41) is 24.9. The summed E-state index contributed by atoms with van der Waals surface area (Å²) in [4.78, 5) is 69.9.